The molecule has 0 radical (unpaired) electrons. The van der Waals surface area contributed by atoms with Gasteiger partial charge in [0, 0.05) is 13.0 Å². The zero-order valence-corrected chi connectivity index (χ0v) is 17.7. The summed E-state index contributed by atoms with van der Waals surface area (Å²) in [5.41, 5.74) is 6.54. The van der Waals surface area contributed by atoms with Crippen molar-refractivity contribution in [1.29, 1.82) is 0 Å². The molecule has 0 bridgehead atoms. The zero-order valence-electron chi connectivity index (χ0n) is 17.7. The lowest BCUT2D eigenvalue weighted by atomic mass is 10.0. The second kappa shape index (κ2) is 10.8. The number of likely N-dealkylation sites (tertiary alicyclic amines) is 1. The van der Waals surface area contributed by atoms with Gasteiger partial charge in [-0.25, -0.2) is 4.79 Å². The quantitative estimate of drug-likeness (QED) is 0.353. The molecule has 0 spiro atoms. The summed E-state index contributed by atoms with van der Waals surface area (Å²) in [7, 11) is 0. The Morgan fingerprint density at radius 1 is 1.19 bits per heavy atom. The number of hydrogen-bond donors (Lipinski definition) is 5. The van der Waals surface area contributed by atoms with Gasteiger partial charge in [-0.2, -0.15) is 0 Å². The average molecular weight is 434 g/mol. The summed E-state index contributed by atoms with van der Waals surface area (Å²) in [6.07, 6.45) is 1.16. The van der Waals surface area contributed by atoms with Gasteiger partial charge in [-0.3, -0.25) is 14.4 Å². The van der Waals surface area contributed by atoms with Crippen molar-refractivity contribution in [3.8, 4) is 5.75 Å². The molecule has 1 fully saturated rings. The summed E-state index contributed by atoms with van der Waals surface area (Å²) in [4.78, 5) is 50.2. The molecule has 10 nitrogen and oxygen atoms in total. The highest BCUT2D eigenvalue weighted by Crippen LogP contribution is 2.19. The number of carbonyl (C=O) groups is 4. The molecule has 2 rings (SSSR count). The first kappa shape index (κ1) is 24.1. The standard InChI is InChI=1S/C21H30N4O6/c1-12(2)18(22)20(29)25-9-3-4-16(25)19(28)23-11-17(27)24-15(21(30)31)10-13-5-7-14(26)8-6-13/h5-8,12,15-16,18,26H,3-4,9-11,22H2,1-2H3,(H,23,28)(H,24,27)(H,30,31). The van der Waals surface area contributed by atoms with E-state index in [1.165, 1.54) is 17.0 Å². The Morgan fingerprint density at radius 2 is 1.84 bits per heavy atom. The maximum absolute atomic E-state index is 12.5. The van der Waals surface area contributed by atoms with Crippen molar-refractivity contribution in [3.05, 3.63) is 29.8 Å². The van der Waals surface area contributed by atoms with Crippen LogP contribution < -0.4 is 16.4 Å². The van der Waals surface area contributed by atoms with Gasteiger partial charge in [0.2, 0.25) is 17.7 Å². The van der Waals surface area contributed by atoms with E-state index in [9.17, 15) is 29.4 Å². The van der Waals surface area contributed by atoms with Crippen molar-refractivity contribution in [3.63, 3.8) is 0 Å². The number of phenolic OH excluding ortho intramolecular Hbond substituents is 1. The van der Waals surface area contributed by atoms with Crippen LogP contribution in [-0.2, 0) is 25.6 Å². The van der Waals surface area contributed by atoms with Crippen molar-refractivity contribution < 1.29 is 29.4 Å². The zero-order chi connectivity index (χ0) is 23.1. The Labute approximate surface area is 180 Å². The van der Waals surface area contributed by atoms with Gasteiger partial charge in [-0.15, -0.1) is 0 Å². The Bertz CT molecular complexity index is 811. The second-order valence-corrected chi connectivity index (χ2v) is 8.01. The molecule has 10 heteroatoms. The van der Waals surface area contributed by atoms with E-state index in [-0.39, 0.29) is 24.0 Å². The van der Waals surface area contributed by atoms with Crippen molar-refractivity contribution in [2.75, 3.05) is 13.1 Å². The van der Waals surface area contributed by atoms with Crippen LogP contribution in [0.5, 0.6) is 5.75 Å². The van der Waals surface area contributed by atoms with E-state index >= 15 is 0 Å². The minimum Gasteiger partial charge on any atom is -0.508 e. The Morgan fingerprint density at radius 3 is 2.42 bits per heavy atom. The molecule has 1 aliphatic heterocycles. The van der Waals surface area contributed by atoms with Gasteiger partial charge < -0.3 is 31.5 Å². The van der Waals surface area contributed by atoms with Gasteiger partial charge in [0.15, 0.2) is 0 Å². The van der Waals surface area contributed by atoms with Gasteiger partial charge in [-0.1, -0.05) is 26.0 Å². The number of phenols is 1. The van der Waals surface area contributed by atoms with E-state index in [2.05, 4.69) is 10.6 Å². The summed E-state index contributed by atoms with van der Waals surface area (Å²) >= 11 is 0. The third-order valence-electron chi connectivity index (χ3n) is 5.27. The van der Waals surface area contributed by atoms with Crippen molar-refractivity contribution >= 4 is 23.7 Å². The molecule has 1 aliphatic rings. The maximum Gasteiger partial charge on any atom is 0.326 e. The number of carbonyl (C=O) groups excluding carboxylic acids is 3. The molecule has 0 aliphatic carbocycles. The van der Waals surface area contributed by atoms with Crippen LogP contribution in [0.2, 0.25) is 0 Å². The molecule has 3 atom stereocenters. The third kappa shape index (κ3) is 6.68. The maximum atomic E-state index is 12.5. The van der Waals surface area contributed by atoms with Crippen LogP contribution in [0.3, 0.4) is 0 Å². The molecule has 1 aromatic carbocycles. The van der Waals surface area contributed by atoms with Crippen LogP contribution in [0, 0.1) is 5.92 Å². The van der Waals surface area contributed by atoms with E-state index in [0.717, 1.165) is 0 Å². The SMILES string of the molecule is CC(C)C(N)C(=O)N1CCCC1C(=O)NCC(=O)NC(Cc1ccc(O)cc1)C(=O)O. The summed E-state index contributed by atoms with van der Waals surface area (Å²) in [5.74, 6) is -2.66. The summed E-state index contributed by atoms with van der Waals surface area (Å²) in [5, 5.41) is 23.5. The fraction of sp³-hybridized carbons (Fsp3) is 0.524. The number of rotatable bonds is 9. The minimum absolute atomic E-state index is 0.0211. The predicted molar refractivity (Wildman–Crippen MR) is 112 cm³/mol. The summed E-state index contributed by atoms with van der Waals surface area (Å²) < 4.78 is 0. The van der Waals surface area contributed by atoms with Crippen molar-refractivity contribution in [2.45, 2.75) is 51.2 Å². The molecular formula is C21H30N4O6. The number of benzene rings is 1. The lowest BCUT2D eigenvalue weighted by Gasteiger charge is -2.28. The number of aromatic hydroxyl groups is 1. The lowest BCUT2D eigenvalue weighted by Crippen LogP contribution is -2.54. The van der Waals surface area contributed by atoms with Gasteiger partial charge in [0.1, 0.15) is 17.8 Å². The summed E-state index contributed by atoms with van der Waals surface area (Å²) in [6, 6.07) is 3.39. The lowest BCUT2D eigenvalue weighted by molar-refractivity contribution is -0.142. The number of nitrogens with zero attached hydrogens (tertiary/aromatic N) is 1. The molecule has 1 aromatic rings. The third-order valence-corrected chi connectivity index (χ3v) is 5.27. The molecule has 170 valence electrons. The van der Waals surface area contributed by atoms with Crippen LogP contribution >= 0.6 is 0 Å². The van der Waals surface area contributed by atoms with E-state index in [1.54, 1.807) is 12.1 Å². The molecule has 0 saturated carbocycles. The highest BCUT2D eigenvalue weighted by atomic mass is 16.4. The Hall–Kier alpha value is -3.14. The Kier molecular flexibility index (Phi) is 8.38. The normalized spacial score (nSPS) is 17.8. The smallest absolute Gasteiger partial charge is 0.326 e. The van der Waals surface area contributed by atoms with Crippen LogP contribution in [0.1, 0.15) is 32.3 Å². The van der Waals surface area contributed by atoms with E-state index in [4.69, 9.17) is 5.73 Å². The topological polar surface area (TPSA) is 162 Å². The number of aliphatic carboxylic acids is 1. The summed E-state index contributed by atoms with van der Waals surface area (Å²) in [6.45, 7) is 3.67. The number of carboxylic acids is 1. The number of hydrogen-bond acceptors (Lipinski definition) is 6. The number of nitrogens with two attached hydrogens (primary N) is 1. The first-order valence-corrected chi connectivity index (χ1v) is 10.2. The monoisotopic (exact) mass is 434 g/mol. The molecule has 3 unspecified atom stereocenters. The van der Waals surface area contributed by atoms with E-state index < -0.39 is 42.5 Å². The molecule has 3 amide bonds. The fourth-order valence-corrected chi connectivity index (χ4v) is 3.38. The predicted octanol–water partition coefficient (Wildman–Crippen LogP) is -0.405. The minimum atomic E-state index is -1.22. The number of amides is 3. The highest BCUT2D eigenvalue weighted by Gasteiger charge is 2.36. The average Bonchev–Trinajstić information content (AvgIpc) is 3.21. The molecule has 1 saturated heterocycles. The molecule has 0 aromatic heterocycles. The van der Waals surface area contributed by atoms with Gasteiger partial charge in [0.25, 0.3) is 0 Å². The molecule has 31 heavy (non-hydrogen) atoms. The van der Waals surface area contributed by atoms with Crippen molar-refractivity contribution in [2.24, 2.45) is 11.7 Å². The Balaban J connectivity index is 1.89. The number of nitrogens with one attached hydrogen (secondary N) is 2. The first-order chi connectivity index (χ1) is 14.6. The van der Waals surface area contributed by atoms with Crippen LogP contribution in [0.25, 0.3) is 0 Å². The van der Waals surface area contributed by atoms with Crippen LogP contribution in [0.15, 0.2) is 24.3 Å². The van der Waals surface area contributed by atoms with Crippen LogP contribution in [0.4, 0.5) is 0 Å². The van der Waals surface area contributed by atoms with E-state index in [1.807, 2.05) is 13.8 Å². The fourth-order valence-electron chi connectivity index (χ4n) is 3.38. The van der Waals surface area contributed by atoms with Gasteiger partial charge in [0.05, 0.1) is 12.6 Å². The second-order valence-electron chi connectivity index (χ2n) is 8.01. The number of carboxylic acid groups (broad SMARTS) is 1. The molecule has 6 N–H and O–H groups in total. The van der Waals surface area contributed by atoms with Gasteiger partial charge in [-0.05, 0) is 36.5 Å². The highest BCUT2D eigenvalue weighted by molar-refractivity contribution is 5.93. The van der Waals surface area contributed by atoms with Crippen LogP contribution in [-0.4, -0.2) is 70.0 Å². The first-order valence-electron chi connectivity index (χ1n) is 10.2. The largest absolute Gasteiger partial charge is 0.508 e. The molecular weight excluding hydrogens is 404 g/mol. The van der Waals surface area contributed by atoms with Crippen molar-refractivity contribution in [1.82, 2.24) is 15.5 Å². The van der Waals surface area contributed by atoms with E-state index in [0.29, 0.717) is 24.9 Å². The van der Waals surface area contributed by atoms with Gasteiger partial charge >= 0.3 is 5.97 Å². The molecule has 1 heterocycles.